The average molecular weight is 397 g/mol. The maximum atomic E-state index is 12.3. The molecular weight excluding hydrogens is 376 g/mol. The maximum Gasteiger partial charge on any atom is 0.252 e. The predicted molar refractivity (Wildman–Crippen MR) is 104 cm³/mol. The Morgan fingerprint density at radius 3 is 2.62 bits per heavy atom. The number of nitrogens with one attached hydrogen (secondary N) is 2. The molecule has 2 rings (SSSR count). The molecule has 0 spiro atoms. The summed E-state index contributed by atoms with van der Waals surface area (Å²) >= 11 is 6.04. The summed E-state index contributed by atoms with van der Waals surface area (Å²) in [5, 5.41) is 2.94. The van der Waals surface area contributed by atoms with Gasteiger partial charge in [0.1, 0.15) is 12.4 Å². The second-order valence-corrected chi connectivity index (χ2v) is 8.03. The Morgan fingerprint density at radius 2 is 1.92 bits per heavy atom. The van der Waals surface area contributed by atoms with E-state index in [1.165, 1.54) is 18.2 Å². The first-order chi connectivity index (χ1) is 12.2. The van der Waals surface area contributed by atoms with Gasteiger partial charge in [0.2, 0.25) is 10.0 Å². The van der Waals surface area contributed by atoms with Gasteiger partial charge < -0.3 is 10.1 Å². The number of hydrogen-bond acceptors (Lipinski definition) is 4. The molecule has 8 heteroatoms. The summed E-state index contributed by atoms with van der Waals surface area (Å²) in [5.41, 5.74) is 2.65. The highest BCUT2D eigenvalue weighted by Crippen LogP contribution is 2.22. The molecule has 0 saturated heterocycles. The third-order valence-electron chi connectivity index (χ3n) is 3.71. The van der Waals surface area contributed by atoms with Crippen molar-refractivity contribution in [2.75, 3.05) is 24.1 Å². The molecule has 2 aromatic rings. The molecular formula is C18H21ClN2O4S. The molecule has 0 radical (unpaired) electrons. The van der Waals surface area contributed by atoms with Crippen LogP contribution in [0.25, 0.3) is 0 Å². The summed E-state index contributed by atoms with van der Waals surface area (Å²) < 4.78 is 30.6. The standard InChI is InChI=1S/C18H21ClN2O4S/c1-12-5-4-6-17(13(12)2)25-10-9-20-18(22)15-11-14(7-8-16(15)19)21-26(3,23)24/h4-8,11,21H,9-10H2,1-3H3,(H,20,22). The Balaban J connectivity index is 1.95. The summed E-state index contributed by atoms with van der Waals surface area (Å²) in [5.74, 6) is 0.369. The van der Waals surface area contributed by atoms with Crippen LogP contribution in [-0.4, -0.2) is 33.7 Å². The fraction of sp³-hybridized carbons (Fsp3) is 0.278. The van der Waals surface area contributed by atoms with E-state index in [1.54, 1.807) is 0 Å². The summed E-state index contributed by atoms with van der Waals surface area (Å²) in [6.07, 6.45) is 1.03. The number of aryl methyl sites for hydroxylation is 1. The van der Waals surface area contributed by atoms with E-state index in [0.717, 1.165) is 23.1 Å². The summed E-state index contributed by atoms with van der Waals surface area (Å²) in [6, 6.07) is 10.1. The van der Waals surface area contributed by atoms with Crippen molar-refractivity contribution in [3.63, 3.8) is 0 Å². The number of carbonyl (C=O) groups is 1. The van der Waals surface area contributed by atoms with Crippen LogP contribution in [0.1, 0.15) is 21.5 Å². The van der Waals surface area contributed by atoms with E-state index in [4.69, 9.17) is 16.3 Å². The summed E-state index contributed by atoms with van der Waals surface area (Å²) in [7, 11) is -3.44. The Kier molecular flexibility index (Phi) is 6.50. The smallest absolute Gasteiger partial charge is 0.252 e. The van der Waals surface area contributed by atoms with Crippen LogP contribution < -0.4 is 14.8 Å². The van der Waals surface area contributed by atoms with Gasteiger partial charge in [0.25, 0.3) is 5.91 Å². The number of halogens is 1. The third-order valence-corrected chi connectivity index (χ3v) is 4.65. The fourth-order valence-electron chi connectivity index (χ4n) is 2.28. The molecule has 0 aliphatic heterocycles. The van der Waals surface area contributed by atoms with Crippen molar-refractivity contribution in [3.8, 4) is 5.75 Å². The lowest BCUT2D eigenvalue weighted by molar-refractivity contribution is 0.0947. The van der Waals surface area contributed by atoms with Gasteiger partial charge in [0.05, 0.1) is 23.4 Å². The van der Waals surface area contributed by atoms with Crippen LogP contribution in [0.4, 0.5) is 5.69 Å². The zero-order valence-electron chi connectivity index (χ0n) is 14.8. The van der Waals surface area contributed by atoms with Gasteiger partial charge >= 0.3 is 0 Å². The Bertz CT molecular complexity index is 913. The van der Waals surface area contributed by atoms with Crippen LogP contribution in [0.5, 0.6) is 5.75 Å². The molecule has 1 amide bonds. The molecule has 0 heterocycles. The monoisotopic (exact) mass is 396 g/mol. The lowest BCUT2D eigenvalue weighted by Gasteiger charge is -2.12. The Labute approximate surface area is 158 Å². The number of hydrogen-bond donors (Lipinski definition) is 2. The van der Waals surface area contributed by atoms with Gasteiger partial charge in [-0.05, 0) is 49.2 Å². The minimum atomic E-state index is -3.44. The van der Waals surface area contributed by atoms with Gasteiger partial charge in [-0.25, -0.2) is 8.42 Å². The molecule has 2 aromatic carbocycles. The van der Waals surface area contributed by atoms with Crippen molar-refractivity contribution in [1.29, 1.82) is 0 Å². The van der Waals surface area contributed by atoms with Crippen LogP contribution in [0.15, 0.2) is 36.4 Å². The minimum Gasteiger partial charge on any atom is -0.491 e. The molecule has 6 nitrogen and oxygen atoms in total. The zero-order chi connectivity index (χ0) is 19.3. The molecule has 26 heavy (non-hydrogen) atoms. The molecule has 0 fully saturated rings. The van der Waals surface area contributed by atoms with E-state index in [9.17, 15) is 13.2 Å². The average Bonchev–Trinajstić information content (AvgIpc) is 2.55. The van der Waals surface area contributed by atoms with E-state index < -0.39 is 15.9 Å². The van der Waals surface area contributed by atoms with Crippen LogP contribution in [0.2, 0.25) is 5.02 Å². The topological polar surface area (TPSA) is 84.5 Å². The molecule has 0 aliphatic carbocycles. The van der Waals surface area contributed by atoms with E-state index in [-0.39, 0.29) is 22.8 Å². The molecule has 0 aliphatic rings. The maximum absolute atomic E-state index is 12.3. The highest BCUT2D eigenvalue weighted by atomic mass is 35.5. The number of sulfonamides is 1. The third kappa shape index (κ3) is 5.64. The van der Waals surface area contributed by atoms with E-state index in [0.29, 0.717) is 6.61 Å². The van der Waals surface area contributed by atoms with Crippen molar-refractivity contribution in [3.05, 3.63) is 58.1 Å². The van der Waals surface area contributed by atoms with Gasteiger partial charge in [-0.2, -0.15) is 0 Å². The van der Waals surface area contributed by atoms with Crippen molar-refractivity contribution in [1.82, 2.24) is 5.32 Å². The van der Waals surface area contributed by atoms with E-state index >= 15 is 0 Å². The van der Waals surface area contributed by atoms with Crippen molar-refractivity contribution < 1.29 is 17.9 Å². The molecule has 0 unspecified atom stereocenters. The fourth-order valence-corrected chi connectivity index (χ4v) is 3.04. The summed E-state index contributed by atoms with van der Waals surface area (Å²) in [4.78, 5) is 12.3. The molecule has 0 aromatic heterocycles. The number of rotatable bonds is 7. The number of ether oxygens (including phenoxy) is 1. The quantitative estimate of drug-likeness (QED) is 0.704. The van der Waals surface area contributed by atoms with Crippen LogP contribution in [-0.2, 0) is 10.0 Å². The Morgan fingerprint density at radius 1 is 1.19 bits per heavy atom. The number of anilines is 1. The van der Waals surface area contributed by atoms with Crippen LogP contribution >= 0.6 is 11.6 Å². The van der Waals surface area contributed by atoms with Crippen molar-refractivity contribution in [2.24, 2.45) is 0 Å². The molecule has 0 bridgehead atoms. The first kappa shape index (κ1) is 20.1. The van der Waals surface area contributed by atoms with E-state index in [1.807, 2.05) is 32.0 Å². The van der Waals surface area contributed by atoms with Gasteiger partial charge in [-0.3, -0.25) is 9.52 Å². The second kappa shape index (κ2) is 8.42. The normalized spacial score (nSPS) is 11.1. The molecule has 0 saturated carbocycles. The Hall–Kier alpha value is -2.25. The van der Waals surface area contributed by atoms with Crippen molar-refractivity contribution >= 4 is 33.2 Å². The predicted octanol–water partition coefficient (Wildman–Crippen LogP) is 3.14. The van der Waals surface area contributed by atoms with Gasteiger partial charge in [-0.15, -0.1) is 0 Å². The number of amides is 1. The van der Waals surface area contributed by atoms with Crippen molar-refractivity contribution in [2.45, 2.75) is 13.8 Å². The first-order valence-corrected chi connectivity index (χ1v) is 10.2. The lowest BCUT2D eigenvalue weighted by Crippen LogP contribution is -2.28. The lowest BCUT2D eigenvalue weighted by atomic mass is 10.1. The number of benzene rings is 2. The highest BCUT2D eigenvalue weighted by Gasteiger charge is 2.12. The highest BCUT2D eigenvalue weighted by molar-refractivity contribution is 7.92. The summed E-state index contributed by atoms with van der Waals surface area (Å²) in [6.45, 7) is 4.56. The largest absolute Gasteiger partial charge is 0.491 e. The van der Waals surface area contributed by atoms with Gasteiger partial charge in [0.15, 0.2) is 0 Å². The van der Waals surface area contributed by atoms with Gasteiger partial charge in [-0.1, -0.05) is 23.7 Å². The minimum absolute atomic E-state index is 0.187. The van der Waals surface area contributed by atoms with Crippen LogP contribution in [0.3, 0.4) is 0 Å². The molecule has 140 valence electrons. The van der Waals surface area contributed by atoms with E-state index in [2.05, 4.69) is 10.0 Å². The second-order valence-electron chi connectivity index (χ2n) is 5.87. The number of carbonyl (C=O) groups excluding carboxylic acids is 1. The first-order valence-electron chi connectivity index (χ1n) is 7.92. The molecule has 0 atom stereocenters. The zero-order valence-corrected chi connectivity index (χ0v) is 16.4. The van der Waals surface area contributed by atoms with Crippen LogP contribution in [0, 0.1) is 13.8 Å². The SMILES string of the molecule is Cc1cccc(OCCNC(=O)c2cc(NS(C)(=O)=O)ccc2Cl)c1C. The molecule has 2 N–H and O–H groups in total. The van der Waals surface area contributed by atoms with Gasteiger partial charge in [0, 0.05) is 5.69 Å².